The van der Waals surface area contributed by atoms with E-state index in [0.717, 1.165) is 11.0 Å². The number of anilines is 1. The first-order valence-corrected chi connectivity index (χ1v) is 5.39. The van der Waals surface area contributed by atoms with E-state index < -0.39 is 17.6 Å². The lowest BCUT2D eigenvalue weighted by atomic mass is 10.1. The molecular weight excluding hydrogens is 273 g/mol. The number of nitro benzene ring substituents is 1. The summed E-state index contributed by atoms with van der Waals surface area (Å²) in [7, 11) is 1.25. The van der Waals surface area contributed by atoms with Gasteiger partial charge in [0.15, 0.2) is 0 Å². The Balaban J connectivity index is 3.05. The van der Waals surface area contributed by atoms with Crippen LogP contribution >= 0.6 is 11.6 Å². The Bertz CT molecular complexity index is 451. The Kier molecular flexibility index (Phi) is 4.39. The van der Waals surface area contributed by atoms with Gasteiger partial charge < -0.3 is 4.90 Å². The normalized spacial score (nSPS) is 11.4. The van der Waals surface area contributed by atoms with Gasteiger partial charge in [0, 0.05) is 30.7 Å². The van der Waals surface area contributed by atoms with Crippen molar-refractivity contribution >= 4 is 23.0 Å². The Hall–Kier alpha value is -1.50. The third-order valence-electron chi connectivity index (χ3n) is 2.25. The number of halogens is 4. The predicted molar refractivity (Wildman–Crippen MR) is 62.0 cm³/mol. The lowest BCUT2D eigenvalue weighted by Gasteiger charge is -2.22. The number of alkyl halides is 4. The summed E-state index contributed by atoms with van der Waals surface area (Å²) >= 11 is 5.59. The van der Waals surface area contributed by atoms with E-state index in [9.17, 15) is 23.3 Å². The fourth-order valence-electron chi connectivity index (χ4n) is 1.52. The summed E-state index contributed by atoms with van der Waals surface area (Å²) in [5, 5.41) is 10.5. The lowest BCUT2D eigenvalue weighted by molar-refractivity contribution is -0.384. The number of rotatable bonds is 4. The molecule has 0 N–H and O–H groups in total. The van der Waals surface area contributed by atoms with E-state index in [1.54, 1.807) is 0 Å². The van der Waals surface area contributed by atoms with Crippen LogP contribution in [0.25, 0.3) is 0 Å². The summed E-state index contributed by atoms with van der Waals surface area (Å²) in [6.45, 7) is -1.14. The Morgan fingerprint density at radius 3 is 2.50 bits per heavy atom. The van der Waals surface area contributed by atoms with Crippen LogP contribution in [0.2, 0.25) is 0 Å². The molecule has 0 fully saturated rings. The van der Waals surface area contributed by atoms with Gasteiger partial charge in [-0.25, -0.2) is 0 Å². The largest absolute Gasteiger partial charge is 0.405 e. The van der Waals surface area contributed by atoms with Gasteiger partial charge >= 0.3 is 6.18 Å². The van der Waals surface area contributed by atoms with Gasteiger partial charge in [-0.1, -0.05) is 0 Å². The zero-order valence-corrected chi connectivity index (χ0v) is 10.1. The summed E-state index contributed by atoms with van der Waals surface area (Å²) in [4.78, 5) is 10.9. The molecule has 0 aliphatic heterocycles. The van der Waals surface area contributed by atoms with Crippen molar-refractivity contribution in [1.29, 1.82) is 0 Å². The molecular formula is C10H10ClF3N2O2. The average Bonchev–Trinajstić information content (AvgIpc) is 2.25. The van der Waals surface area contributed by atoms with Crippen molar-refractivity contribution in [2.24, 2.45) is 0 Å². The van der Waals surface area contributed by atoms with Gasteiger partial charge in [0.05, 0.1) is 4.92 Å². The maximum Gasteiger partial charge on any atom is 0.405 e. The predicted octanol–water partition coefficient (Wildman–Crippen LogP) is 3.33. The molecule has 0 unspecified atom stereocenters. The van der Waals surface area contributed by atoms with E-state index >= 15 is 0 Å². The molecule has 0 amide bonds. The van der Waals surface area contributed by atoms with E-state index in [-0.39, 0.29) is 22.8 Å². The zero-order valence-electron chi connectivity index (χ0n) is 9.37. The topological polar surface area (TPSA) is 46.4 Å². The van der Waals surface area contributed by atoms with Crippen molar-refractivity contribution in [3.63, 3.8) is 0 Å². The van der Waals surface area contributed by atoms with Crippen molar-refractivity contribution in [2.75, 3.05) is 18.5 Å². The Morgan fingerprint density at radius 2 is 2.06 bits per heavy atom. The smallest absolute Gasteiger partial charge is 0.365 e. The highest BCUT2D eigenvalue weighted by Gasteiger charge is 2.30. The molecule has 0 aliphatic rings. The van der Waals surface area contributed by atoms with E-state index in [1.165, 1.54) is 19.2 Å². The molecule has 0 atom stereocenters. The van der Waals surface area contributed by atoms with Crippen LogP contribution < -0.4 is 4.90 Å². The van der Waals surface area contributed by atoms with Crippen LogP contribution in [0.1, 0.15) is 5.56 Å². The number of nitro groups is 1. The number of non-ortho nitro benzene ring substituents is 1. The minimum Gasteiger partial charge on any atom is -0.365 e. The summed E-state index contributed by atoms with van der Waals surface area (Å²) in [6.07, 6.45) is -4.35. The molecule has 0 aliphatic carbocycles. The van der Waals surface area contributed by atoms with Gasteiger partial charge in [-0.3, -0.25) is 10.1 Å². The first-order valence-electron chi connectivity index (χ1n) is 4.86. The second kappa shape index (κ2) is 5.43. The summed E-state index contributed by atoms with van der Waals surface area (Å²) < 4.78 is 36.8. The SMILES string of the molecule is CN(CC(F)(F)F)c1ccc([N+](=O)[O-])cc1CCl. The van der Waals surface area contributed by atoms with Crippen LogP contribution in [0.15, 0.2) is 18.2 Å². The van der Waals surface area contributed by atoms with Gasteiger partial charge in [0.2, 0.25) is 0 Å². The van der Waals surface area contributed by atoms with Gasteiger partial charge in [-0.15, -0.1) is 11.6 Å². The van der Waals surface area contributed by atoms with Crippen molar-refractivity contribution < 1.29 is 18.1 Å². The maximum absolute atomic E-state index is 12.3. The molecule has 0 saturated carbocycles. The summed E-state index contributed by atoms with van der Waals surface area (Å²) in [5.41, 5.74) is 0.320. The highest BCUT2D eigenvalue weighted by molar-refractivity contribution is 6.17. The number of hydrogen-bond acceptors (Lipinski definition) is 3. The molecule has 1 rings (SSSR count). The first-order chi connectivity index (χ1) is 8.24. The van der Waals surface area contributed by atoms with Crippen LogP contribution in [0.4, 0.5) is 24.5 Å². The molecule has 0 saturated heterocycles. The van der Waals surface area contributed by atoms with E-state index in [2.05, 4.69) is 0 Å². The van der Waals surface area contributed by atoms with E-state index in [0.29, 0.717) is 0 Å². The van der Waals surface area contributed by atoms with Gasteiger partial charge in [0.1, 0.15) is 6.54 Å². The first kappa shape index (κ1) is 14.6. The molecule has 0 spiro atoms. The average molecular weight is 283 g/mol. The third-order valence-corrected chi connectivity index (χ3v) is 2.53. The number of hydrogen-bond donors (Lipinski definition) is 0. The molecule has 4 nitrogen and oxygen atoms in total. The van der Waals surface area contributed by atoms with Crippen LogP contribution in [-0.4, -0.2) is 24.7 Å². The number of benzene rings is 1. The highest BCUT2D eigenvalue weighted by atomic mass is 35.5. The standard InChI is InChI=1S/C10H10ClF3N2O2/c1-15(6-10(12,13)14)9-3-2-8(16(17)18)4-7(9)5-11/h2-4H,5-6H2,1H3. The van der Waals surface area contributed by atoms with Crippen LogP contribution in [0, 0.1) is 10.1 Å². The molecule has 100 valence electrons. The van der Waals surface area contributed by atoms with Crippen molar-refractivity contribution in [1.82, 2.24) is 0 Å². The molecule has 0 radical (unpaired) electrons. The zero-order chi connectivity index (χ0) is 13.9. The Labute approximate surface area is 106 Å². The van der Waals surface area contributed by atoms with Crippen LogP contribution in [0.3, 0.4) is 0 Å². The fourth-order valence-corrected chi connectivity index (χ4v) is 1.73. The maximum atomic E-state index is 12.3. The van der Waals surface area contributed by atoms with Crippen LogP contribution in [0.5, 0.6) is 0 Å². The van der Waals surface area contributed by atoms with Gasteiger partial charge in [0.25, 0.3) is 5.69 Å². The molecule has 18 heavy (non-hydrogen) atoms. The lowest BCUT2D eigenvalue weighted by Crippen LogP contribution is -2.31. The van der Waals surface area contributed by atoms with Crippen LogP contribution in [-0.2, 0) is 5.88 Å². The fraction of sp³-hybridized carbons (Fsp3) is 0.400. The van der Waals surface area contributed by atoms with E-state index in [4.69, 9.17) is 11.6 Å². The quantitative estimate of drug-likeness (QED) is 0.483. The van der Waals surface area contributed by atoms with Crippen molar-refractivity contribution in [3.8, 4) is 0 Å². The summed E-state index contributed by atoms with van der Waals surface area (Å²) in [5.74, 6) is -0.0980. The van der Waals surface area contributed by atoms with Crippen molar-refractivity contribution in [2.45, 2.75) is 12.1 Å². The Morgan fingerprint density at radius 1 is 1.44 bits per heavy atom. The van der Waals surface area contributed by atoms with Gasteiger partial charge in [-0.05, 0) is 11.6 Å². The molecule has 0 bridgehead atoms. The molecule has 0 aromatic heterocycles. The molecule has 1 aromatic rings. The monoisotopic (exact) mass is 282 g/mol. The minimum absolute atomic E-state index is 0.0980. The van der Waals surface area contributed by atoms with Crippen molar-refractivity contribution in [3.05, 3.63) is 33.9 Å². The molecule has 1 aromatic carbocycles. The van der Waals surface area contributed by atoms with E-state index in [1.807, 2.05) is 0 Å². The highest BCUT2D eigenvalue weighted by Crippen LogP contribution is 2.28. The van der Waals surface area contributed by atoms with Gasteiger partial charge in [-0.2, -0.15) is 13.2 Å². The molecule has 8 heteroatoms. The summed E-state index contributed by atoms with van der Waals surface area (Å²) in [6, 6.07) is 3.59. The second-order valence-corrected chi connectivity index (χ2v) is 3.94. The molecule has 0 heterocycles. The second-order valence-electron chi connectivity index (χ2n) is 3.67. The minimum atomic E-state index is -4.35. The third kappa shape index (κ3) is 3.76. The number of nitrogens with zero attached hydrogens (tertiary/aromatic N) is 2.